The van der Waals surface area contributed by atoms with Crippen molar-refractivity contribution in [3.8, 4) is 0 Å². The molecule has 0 bridgehead atoms. The Morgan fingerprint density at radius 2 is 1.89 bits per heavy atom. The number of hydrogen-bond donors (Lipinski definition) is 1. The maximum absolute atomic E-state index is 11.4. The normalized spacial score (nSPS) is 13.5. The monoisotopic (exact) mass is 381 g/mol. The van der Waals surface area contributed by atoms with Crippen molar-refractivity contribution in [1.29, 1.82) is 0 Å². The molecule has 1 aromatic rings. The van der Waals surface area contributed by atoms with E-state index in [1.807, 2.05) is 12.1 Å². The van der Waals surface area contributed by atoms with Gasteiger partial charge in [-0.15, -0.1) is 0 Å². The summed E-state index contributed by atoms with van der Waals surface area (Å²) in [7, 11) is -2.95. The van der Waals surface area contributed by atoms with Crippen LogP contribution < -0.4 is 5.32 Å². The smallest absolute Gasteiger partial charge is 0.148 e. The van der Waals surface area contributed by atoms with Gasteiger partial charge in [-0.05, 0) is 59.7 Å². The highest BCUT2D eigenvalue weighted by atomic mass is 127. The number of nitrogens with one attached hydrogen (secondary N) is 1. The van der Waals surface area contributed by atoms with E-state index >= 15 is 0 Å². The van der Waals surface area contributed by atoms with Gasteiger partial charge in [0, 0.05) is 15.9 Å². The van der Waals surface area contributed by atoms with Gasteiger partial charge in [0.1, 0.15) is 9.84 Å². The molecule has 1 N–H and O–H groups in total. The average molecular weight is 381 g/mol. The molecule has 0 spiro atoms. The van der Waals surface area contributed by atoms with Crippen LogP contribution in [0.3, 0.4) is 0 Å². The van der Waals surface area contributed by atoms with E-state index in [0.29, 0.717) is 0 Å². The molecular formula is C13H20INO2S. The molecule has 1 atom stereocenters. The molecule has 0 amide bonds. The standard InChI is InChI=1S/C13H20INO2S/c1-3-8-15-13(10-18(2,16)17)9-11-4-6-12(14)7-5-11/h4-7,13,15H,3,8-10H2,1-2H3. The van der Waals surface area contributed by atoms with Crippen LogP contribution >= 0.6 is 22.6 Å². The molecule has 18 heavy (non-hydrogen) atoms. The quantitative estimate of drug-likeness (QED) is 0.737. The van der Waals surface area contributed by atoms with E-state index in [1.54, 1.807) is 0 Å². The van der Waals surface area contributed by atoms with Crippen LogP contribution in [-0.4, -0.2) is 33.0 Å². The van der Waals surface area contributed by atoms with Gasteiger partial charge in [0.15, 0.2) is 0 Å². The first-order chi connectivity index (χ1) is 8.40. The summed E-state index contributed by atoms with van der Waals surface area (Å²) >= 11 is 2.26. The van der Waals surface area contributed by atoms with Gasteiger partial charge in [0.25, 0.3) is 0 Å². The van der Waals surface area contributed by atoms with Crippen LogP contribution in [0.2, 0.25) is 0 Å². The Balaban J connectivity index is 2.68. The minimum atomic E-state index is -2.95. The van der Waals surface area contributed by atoms with Crippen LogP contribution in [0.1, 0.15) is 18.9 Å². The van der Waals surface area contributed by atoms with Gasteiger partial charge in [0.05, 0.1) is 5.75 Å². The minimum absolute atomic E-state index is 0.0000104. The molecule has 1 rings (SSSR count). The van der Waals surface area contributed by atoms with Crippen LogP contribution in [0.4, 0.5) is 0 Å². The first-order valence-corrected chi connectivity index (χ1v) is 9.20. The summed E-state index contributed by atoms with van der Waals surface area (Å²) in [5, 5.41) is 3.31. The van der Waals surface area contributed by atoms with E-state index in [1.165, 1.54) is 15.4 Å². The summed E-state index contributed by atoms with van der Waals surface area (Å²) in [6, 6.07) is 8.22. The van der Waals surface area contributed by atoms with Gasteiger partial charge < -0.3 is 5.32 Å². The Kier molecular flexibility index (Phi) is 6.59. The zero-order valence-electron chi connectivity index (χ0n) is 10.8. The second-order valence-corrected chi connectivity index (χ2v) is 8.00. The second-order valence-electron chi connectivity index (χ2n) is 4.57. The third-order valence-corrected chi connectivity index (χ3v) is 4.31. The maximum atomic E-state index is 11.4. The molecular weight excluding hydrogens is 361 g/mol. The molecule has 0 heterocycles. The summed E-state index contributed by atoms with van der Waals surface area (Å²) in [6.45, 7) is 2.93. The lowest BCUT2D eigenvalue weighted by Gasteiger charge is -2.17. The Hall–Kier alpha value is -0.140. The Morgan fingerprint density at radius 3 is 2.39 bits per heavy atom. The van der Waals surface area contributed by atoms with E-state index in [-0.39, 0.29) is 11.8 Å². The number of hydrogen-bond acceptors (Lipinski definition) is 3. The topological polar surface area (TPSA) is 46.2 Å². The lowest BCUT2D eigenvalue weighted by molar-refractivity contribution is 0.530. The lowest BCUT2D eigenvalue weighted by Crippen LogP contribution is -2.37. The highest BCUT2D eigenvalue weighted by Crippen LogP contribution is 2.09. The largest absolute Gasteiger partial charge is 0.313 e. The van der Waals surface area contributed by atoms with Crippen molar-refractivity contribution < 1.29 is 8.42 Å². The highest BCUT2D eigenvalue weighted by Gasteiger charge is 2.15. The molecule has 3 nitrogen and oxygen atoms in total. The molecule has 0 saturated heterocycles. The van der Waals surface area contributed by atoms with E-state index < -0.39 is 9.84 Å². The number of halogens is 1. The first kappa shape index (κ1) is 15.9. The van der Waals surface area contributed by atoms with Gasteiger partial charge in [-0.2, -0.15) is 0 Å². The fourth-order valence-corrected chi connectivity index (χ4v) is 3.14. The predicted molar refractivity (Wildman–Crippen MR) is 84.7 cm³/mol. The van der Waals surface area contributed by atoms with Gasteiger partial charge in [-0.3, -0.25) is 0 Å². The van der Waals surface area contributed by atoms with Crippen LogP contribution in [-0.2, 0) is 16.3 Å². The molecule has 0 aliphatic carbocycles. The Bertz CT molecular complexity index is 456. The van der Waals surface area contributed by atoms with Crippen molar-refractivity contribution in [2.45, 2.75) is 25.8 Å². The first-order valence-electron chi connectivity index (χ1n) is 6.06. The van der Waals surface area contributed by atoms with E-state index in [9.17, 15) is 8.42 Å². The second kappa shape index (κ2) is 7.45. The van der Waals surface area contributed by atoms with E-state index in [2.05, 4.69) is 47.0 Å². The third kappa shape index (κ3) is 6.70. The van der Waals surface area contributed by atoms with Crippen LogP contribution in [0.15, 0.2) is 24.3 Å². The van der Waals surface area contributed by atoms with Crippen LogP contribution in [0, 0.1) is 3.57 Å². The van der Waals surface area contributed by atoms with Crippen molar-refractivity contribution in [3.63, 3.8) is 0 Å². The zero-order chi connectivity index (χ0) is 13.6. The SMILES string of the molecule is CCCNC(Cc1ccc(I)cc1)CS(C)(=O)=O. The molecule has 1 aromatic carbocycles. The molecule has 0 aliphatic heterocycles. The van der Waals surface area contributed by atoms with Crippen molar-refractivity contribution >= 4 is 32.4 Å². The molecule has 102 valence electrons. The molecule has 0 radical (unpaired) electrons. The molecule has 0 aliphatic rings. The fourth-order valence-electron chi connectivity index (χ4n) is 1.81. The number of sulfone groups is 1. The zero-order valence-corrected chi connectivity index (χ0v) is 13.8. The van der Waals surface area contributed by atoms with Gasteiger partial charge in [-0.1, -0.05) is 19.1 Å². The van der Waals surface area contributed by atoms with Crippen molar-refractivity contribution in [3.05, 3.63) is 33.4 Å². The van der Waals surface area contributed by atoms with E-state index in [0.717, 1.165) is 19.4 Å². The fraction of sp³-hybridized carbons (Fsp3) is 0.538. The number of rotatable bonds is 7. The van der Waals surface area contributed by atoms with Gasteiger partial charge in [-0.25, -0.2) is 8.42 Å². The van der Waals surface area contributed by atoms with Crippen LogP contribution in [0.25, 0.3) is 0 Å². The van der Waals surface area contributed by atoms with Crippen molar-refractivity contribution in [1.82, 2.24) is 5.32 Å². The van der Waals surface area contributed by atoms with E-state index in [4.69, 9.17) is 0 Å². The minimum Gasteiger partial charge on any atom is -0.313 e. The number of benzene rings is 1. The Labute approximate surface area is 123 Å². The summed E-state index contributed by atoms with van der Waals surface area (Å²) in [4.78, 5) is 0. The van der Waals surface area contributed by atoms with Gasteiger partial charge >= 0.3 is 0 Å². The summed E-state index contributed by atoms with van der Waals surface area (Å²) < 4.78 is 24.0. The summed E-state index contributed by atoms with van der Waals surface area (Å²) in [6.07, 6.45) is 3.05. The summed E-state index contributed by atoms with van der Waals surface area (Å²) in [5.74, 6) is 0.193. The average Bonchev–Trinajstić information content (AvgIpc) is 2.27. The predicted octanol–water partition coefficient (Wildman–Crippen LogP) is 2.25. The highest BCUT2D eigenvalue weighted by molar-refractivity contribution is 14.1. The molecule has 1 unspecified atom stereocenters. The lowest BCUT2D eigenvalue weighted by atomic mass is 10.1. The van der Waals surface area contributed by atoms with Gasteiger partial charge in [0.2, 0.25) is 0 Å². The third-order valence-electron chi connectivity index (χ3n) is 2.58. The Morgan fingerprint density at radius 1 is 1.28 bits per heavy atom. The molecule has 0 fully saturated rings. The van der Waals surface area contributed by atoms with Crippen molar-refractivity contribution in [2.75, 3.05) is 18.6 Å². The maximum Gasteiger partial charge on any atom is 0.148 e. The van der Waals surface area contributed by atoms with Crippen LogP contribution in [0.5, 0.6) is 0 Å². The molecule has 0 saturated carbocycles. The summed E-state index contributed by atoms with van der Waals surface area (Å²) in [5.41, 5.74) is 1.17. The van der Waals surface area contributed by atoms with Crippen molar-refractivity contribution in [2.24, 2.45) is 0 Å². The molecule has 0 aromatic heterocycles. The molecule has 5 heteroatoms.